The Morgan fingerprint density at radius 1 is 1.14 bits per heavy atom. The van der Waals surface area contributed by atoms with E-state index < -0.39 is 6.04 Å². The van der Waals surface area contributed by atoms with Crippen LogP contribution in [0.1, 0.15) is 47.2 Å². The molecule has 3 heterocycles. The molecule has 4 unspecified atom stereocenters. The first-order valence-electron chi connectivity index (χ1n) is 10.2. The molecule has 4 aliphatic rings. The van der Waals surface area contributed by atoms with Crippen molar-refractivity contribution in [1.29, 1.82) is 0 Å². The zero-order valence-corrected chi connectivity index (χ0v) is 15.9. The van der Waals surface area contributed by atoms with Crippen LogP contribution < -0.4 is 11.1 Å². The molecule has 0 spiro atoms. The number of nitrogens with two attached hydrogens (primary N) is 1. The van der Waals surface area contributed by atoms with Crippen molar-refractivity contribution >= 4 is 17.7 Å². The van der Waals surface area contributed by atoms with Crippen molar-refractivity contribution in [2.24, 2.45) is 17.6 Å². The van der Waals surface area contributed by atoms with E-state index in [0.29, 0.717) is 36.4 Å². The van der Waals surface area contributed by atoms with Gasteiger partial charge in [0.05, 0.1) is 0 Å². The van der Waals surface area contributed by atoms with Gasteiger partial charge in [-0.1, -0.05) is 12.1 Å². The van der Waals surface area contributed by atoms with E-state index in [0.717, 1.165) is 37.2 Å². The summed E-state index contributed by atoms with van der Waals surface area (Å²) in [6.07, 6.45) is 3.06. The van der Waals surface area contributed by atoms with Gasteiger partial charge in [0.2, 0.25) is 11.8 Å². The molecule has 3 N–H and O–H groups in total. The SMILES string of the molecule is NC1CC2CC1CN(Cc1ccc3c(c1)C(=O)N(C1CCC(=O)NC1=O)C3)C2. The minimum atomic E-state index is -0.555. The van der Waals surface area contributed by atoms with Crippen molar-refractivity contribution in [3.05, 3.63) is 34.9 Å². The molecule has 28 heavy (non-hydrogen) atoms. The van der Waals surface area contributed by atoms with E-state index in [9.17, 15) is 14.4 Å². The number of piperidine rings is 2. The zero-order chi connectivity index (χ0) is 19.4. The van der Waals surface area contributed by atoms with Crippen LogP contribution in [0.25, 0.3) is 0 Å². The van der Waals surface area contributed by atoms with Crippen LogP contribution in [0, 0.1) is 11.8 Å². The van der Waals surface area contributed by atoms with Crippen LogP contribution in [0.15, 0.2) is 18.2 Å². The number of benzene rings is 1. The van der Waals surface area contributed by atoms with Crippen molar-refractivity contribution in [2.75, 3.05) is 13.1 Å². The highest BCUT2D eigenvalue weighted by Gasteiger charge is 2.40. The van der Waals surface area contributed by atoms with Crippen LogP contribution in [0.2, 0.25) is 0 Å². The molecule has 148 valence electrons. The van der Waals surface area contributed by atoms with Crippen molar-refractivity contribution in [3.63, 3.8) is 0 Å². The number of amides is 3. The molecule has 1 saturated carbocycles. The number of nitrogens with zero attached hydrogens (tertiary/aromatic N) is 2. The largest absolute Gasteiger partial charge is 0.327 e. The molecule has 3 fully saturated rings. The van der Waals surface area contributed by atoms with E-state index in [1.165, 1.54) is 6.42 Å². The minimum Gasteiger partial charge on any atom is -0.327 e. The molecule has 0 radical (unpaired) electrons. The third-order valence-electron chi connectivity index (χ3n) is 6.85. The average Bonchev–Trinajstić information content (AvgIpc) is 3.11. The second-order valence-electron chi connectivity index (χ2n) is 8.85. The maximum atomic E-state index is 13.0. The fraction of sp³-hybridized carbons (Fsp3) is 0.571. The first kappa shape index (κ1) is 17.8. The van der Waals surface area contributed by atoms with Crippen molar-refractivity contribution in [3.8, 4) is 0 Å². The van der Waals surface area contributed by atoms with Crippen LogP contribution >= 0.6 is 0 Å². The Labute approximate surface area is 164 Å². The second-order valence-corrected chi connectivity index (χ2v) is 8.85. The topological polar surface area (TPSA) is 95.7 Å². The molecule has 3 amide bonds. The lowest BCUT2D eigenvalue weighted by Gasteiger charge is -2.32. The van der Waals surface area contributed by atoms with Gasteiger partial charge >= 0.3 is 0 Å². The van der Waals surface area contributed by atoms with Gasteiger partial charge in [0.15, 0.2) is 0 Å². The Morgan fingerprint density at radius 2 is 2.00 bits per heavy atom. The molecule has 7 nitrogen and oxygen atoms in total. The number of likely N-dealkylation sites (tertiary alicyclic amines) is 1. The molecule has 1 aromatic rings. The van der Waals surface area contributed by atoms with Crippen LogP contribution in [0.3, 0.4) is 0 Å². The standard InChI is InChI=1S/C21H26N4O3/c22-17-7-13-5-15(17)10-24(9-13)8-12-1-2-14-11-25(21(28)16(14)6-12)18-3-4-19(26)23-20(18)27/h1-2,6,13,15,17-18H,3-5,7-11,22H2,(H,23,26,27). The maximum Gasteiger partial charge on any atom is 0.255 e. The molecule has 5 rings (SSSR count). The molecular weight excluding hydrogens is 356 g/mol. The summed E-state index contributed by atoms with van der Waals surface area (Å²) in [6.45, 7) is 3.38. The van der Waals surface area contributed by atoms with Crippen LogP contribution in [-0.2, 0) is 22.7 Å². The van der Waals surface area contributed by atoms with Gasteiger partial charge in [-0.2, -0.15) is 0 Å². The Bertz CT molecular complexity index is 852. The second kappa shape index (κ2) is 6.67. The molecule has 3 aliphatic heterocycles. The van der Waals surface area contributed by atoms with Gasteiger partial charge in [-0.25, -0.2) is 0 Å². The summed E-state index contributed by atoms with van der Waals surface area (Å²) in [5, 5.41) is 2.35. The molecule has 2 bridgehead atoms. The Hall–Kier alpha value is -2.25. The fourth-order valence-corrected chi connectivity index (χ4v) is 5.49. The van der Waals surface area contributed by atoms with Crippen molar-refractivity contribution < 1.29 is 14.4 Å². The lowest BCUT2D eigenvalue weighted by molar-refractivity contribution is -0.136. The summed E-state index contributed by atoms with van der Waals surface area (Å²) < 4.78 is 0. The van der Waals surface area contributed by atoms with Gasteiger partial charge in [-0.05, 0) is 48.3 Å². The maximum absolute atomic E-state index is 13.0. The first-order chi connectivity index (χ1) is 13.5. The highest BCUT2D eigenvalue weighted by Crippen LogP contribution is 2.36. The summed E-state index contributed by atoms with van der Waals surface area (Å²) in [4.78, 5) is 40.6. The van der Waals surface area contributed by atoms with Gasteiger partial charge in [0, 0.05) is 44.2 Å². The van der Waals surface area contributed by atoms with Gasteiger partial charge in [-0.3, -0.25) is 24.6 Å². The monoisotopic (exact) mass is 382 g/mol. The number of carbonyl (C=O) groups is 3. The van der Waals surface area contributed by atoms with Gasteiger partial charge in [0.25, 0.3) is 5.91 Å². The van der Waals surface area contributed by atoms with Crippen LogP contribution in [0.4, 0.5) is 0 Å². The molecular formula is C21H26N4O3. The van der Waals surface area contributed by atoms with E-state index in [1.54, 1.807) is 4.90 Å². The normalized spacial score (nSPS) is 32.6. The van der Waals surface area contributed by atoms with E-state index in [2.05, 4.69) is 16.3 Å². The smallest absolute Gasteiger partial charge is 0.255 e. The van der Waals surface area contributed by atoms with Crippen molar-refractivity contribution in [2.45, 2.75) is 50.9 Å². The van der Waals surface area contributed by atoms with Gasteiger partial charge in [-0.15, -0.1) is 0 Å². The predicted molar refractivity (Wildman–Crippen MR) is 102 cm³/mol. The van der Waals surface area contributed by atoms with E-state index >= 15 is 0 Å². The number of imide groups is 1. The summed E-state index contributed by atoms with van der Waals surface area (Å²) in [5.74, 6) is 0.568. The summed E-state index contributed by atoms with van der Waals surface area (Å²) in [6, 6.07) is 5.87. The molecule has 1 aliphatic carbocycles. The number of hydrogen-bond acceptors (Lipinski definition) is 5. The van der Waals surface area contributed by atoms with Crippen molar-refractivity contribution in [1.82, 2.24) is 15.1 Å². The quantitative estimate of drug-likeness (QED) is 0.747. The Kier molecular flexibility index (Phi) is 4.25. The van der Waals surface area contributed by atoms with Gasteiger partial charge in [0.1, 0.15) is 6.04 Å². The zero-order valence-electron chi connectivity index (χ0n) is 15.9. The number of carbonyl (C=O) groups excluding carboxylic acids is 3. The molecule has 2 saturated heterocycles. The van der Waals surface area contributed by atoms with Crippen LogP contribution in [-0.4, -0.2) is 52.7 Å². The highest BCUT2D eigenvalue weighted by molar-refractivity contribution is 6.05. The average molecular weight is 382 g/mol. The molecule has 4 atom stereocenters. The van der Waals surface area contributed by atoms with Crippen LogP contribution in [0.5, 0.6) is 0 Å². The molecule has 0 aromatic heterocycles. The third-order valence-corrected chi connectivity index (χ3v) is 6.85. The molecule has 7 heteroatoms. The fourth-order valence-electron chi connectivity index (χ4n) is 5.49. The summed E-state index contributed by atoms with van der Waals surface area (Å²) in [5.41, 5.74) is 9.03. The predicted octanol–water partition coefficient (Wildman–Crippen LogP) is 0.617. The Balaban J connectivity index is 1.30. The first-order valence-corrected chi connectivity index (χ1v) is 10.2. The summed E-state index contributed by atoms with van der Waals surface area (Å²) >= 11 is 0. The number of nitrogens with one attached hydrogen (secondary N) is 1. The third kappa shape index (κ3) is 3.02. The van der Waals surface area contributed by atoms with E-state index in [4.69, 9.17) is 5.73 Å². The van der Waals surface area contributed by atoms with E-state index in [1.807, 2.05) is 12.1 Å². The number of fused-ring (bicyclic) bond motifs is 3. The lowest BCUT2D eigenvalue weighted by atomic mass is 9.97. The number of hydrogen-bond donors (Lipinski definition) is 2. The molecule has 1 aromatic carbocycles. The van der Waals surface area contributed by atoms with E-state index in [-0.39, 0.29) is 24.1 Å². The minimum absolute atomic E-state index is 0.105. The number of rotatable bonds is 3. The lowest BCUT2D eigenvalue weighted by Crippen LogP contribution is -2.52. The Morgan fingerprint density at radius 3 is 2.79 bits per heavy atom. The highest BCUT2D eigenvalue weighted by atomic mass is 16.2. The summed E-state index contributed by atoms with van der Waals surface area (Å²) in [7, 11) is 0. The van der Waals surface area contributed by atoms with Gasteiger partial charge < -0.3 is 10.6 Å².